The molecule has 2 aromatic heterocycles. The Balaban J connectivity index is 1.51. The molecule has 7 aromatic carbocycles. The van der Waals surface area contributed by atoms with Crippen LogP contribution in [0.4, 0.5) is 11.4 Å². The van der Waals surface area contributed by atoms with Crippen molar-refractivity contribution in [3.05, 3.63) is 156 Å². The molecular formula is C40H22N4. The van der Waals surface area contributed by atoms with E-state index in [9.17, 15) is 0 Å². The maximum absolute atomic E-state index is 8.39. The topological polar surface area (TPSA) is 18.6 Å². The largest absolute Gasteiger partial charge is 0.318 e. The van der Waals surface area contributed by atoms with E-state index in [1.807, 2.05) is 12.1 Å². The lowest BCUT2D eigenvalue weighted by molar-refractivity contribution is 1.10. The normalized spacial score (nSPS) is 11.6. The molecule has 0 unspecified atom stereocenters. The van der Waals surface area contributed by atoms with Crippen LogP contribution in [0.1, 0.15) is 0 Å². The van der Waals surface area contributed by atoms with Crippen LogP contribution < -0.4 is 0 Å². The molecule has 0 bridgehead atoms. The first-order valence-electron chi connectivity index (χ1n) is 14.5. The number of rotatable bonds is 2. The summed E-state index contributed by atoms with van der Waals surface area (Å²) in [6.07, 6.45) is 0. The Kier molecular flexibility index (Phi) is 5.00. The van der Waals surface area contributed by atoms with Gasteiger partial charge in [0.15, 0.2) is 5.69 Å². The zero-order chi connectivity index (χ0) is 29.4. The van der Waals surface area contributed by atoms with Crippen LogP contribution >= 0.6 is 0 Å². The summed E-state index contributed by atoms with van der Waals surface area (Å²) in [6, 6.07) is 46.4. The third-order valence-electron chi connectivity index (χ3n) is 8.89. The number of hydrogen-bond donors (Lipinski definition) is 0. The lowest BCUT2D eigenvalue weighted by atomic mass is 10.1. The summed E-state index contributed by atoms with van der Waals surface area (Å²) in [7, 11) is 0. The van der Waals surface area contributed by atoms with Crippen molar-refractivity contribution in [1.29, 1.82) is 0 Å². The quantitative estimate of drug-likeness (QED) is 0.188. The number of para-hydroxylation sites is 2. The summed E-state index contributed by atoms with van der Waals surface area (Å²) in [5.74, 6) is 0. The fourth-order valence-electron chi connectivity index (χ4n) is 6.97. The van der Waals surface area contributed by atoms with Crippen LogP contribution in [0.5, 0.6) is 0 Å². The first-order chi connectivity index (χ1) is 21.7. The molecule has 9 aromatic rings. The molecule has 44 heavy (non-hydrogen) atoms. The van der Waals surface area contributed by atoms with E-state index in [0.29, 0.717) is 17.1 Å². The number of aromatic nitrogens is 2. The van der Waals surface area contributed by atoms with E-state index >= 15 is 0 Å². The lowest BCUT2D eigenvalue weighted by Gasteiger charge is -2.19. The molecule has 0 aliphatic heterocycles. The van der Waals surface area contributed by atoms with Crippen molar-refractivity contribution in [2.75, 3.05) is 0 Å². The fraction of sp³-hybridized carbons (Fsp3) is 0. The molecule has 0 N–H and O–H groups in total. The van der Waals surface area contributed by atoms with Crippen LogP contribution in [0.3, 0.4) is 0 Å². The van der Waals surface area contributed by atoms with E-state index in [-0.39, 0.29) is 0 Å². The average molecular weight is 559 g/mol. The Labute approximate surface area is 252 Å². The number of benzene rings is 7. The van der Waals surface area contributed by atoms with Gasteiger partial charge in [0.1, 0.15) is 0 Å². The van der Waals surface area contributed by atoms with Crippen molar-refractivity contribution < 1.29 is 0 Å². The Bertz CT molecular complexity index is 2740. The maximum Gasteiger partial charge on any atom is 0.220 e. The van der Waals surface area contributed by atoms with Crippen molar-refractivity contribution in [3.8, 4) is 11.4 Å². The summed E-state index contributed by atoms with van der Waals surface area (Å²) in [5.41, 5.74) is 6.38. The number of nitrogens with zero attached hydrogens (tertiary/aromatic N) is 4. The predicted molar refractivity (Wildman–Crippen MR) is 183 cm³/mol. The van der Waals surface area contributed by atoms with Gasteiger partial charge in [-0.15, -0.1) is 0 Å². The second-order valence-electron chi connectivity index (χ2n) is 11.2. The number of fused-ring (bicyclic) bond motifs is 8. The molecule has 9 rings (SSSR count). The Morgan fingerprint density at radius 3 is 1.43 bits per heavy atom. The standard InChI is InChI=1S/C40H22N4/c1-41-33-19-20-36(43-34-17-9-7-15-29(34)31-21-25-11-3-5-13-27(25)23-37(31)43)40(39(33)42-2)44-35-18-10-8-16-30(35)32-22-26-12-4-6-14-28(26)24-38(32)44/h3-24H. The van der Waals surface area contributed by atoms with Crippen molar-refractivity contribution in [2.45, 2.75) is 0 Å². The van der Waals surface area contributed by atoms with Gasteiger partial charge in [0.2, 0.25) is 5.69 Å². The summed E-state index contributed by atoms with van der Waals surface area (Å²) < 4.78 is 4.48. The predicted octanol–water partition coefficient (Wildman–Crippen LogP) is 11.3. The van der Waals surface area contributed by atoms with E-state index in [4.69, 9.17) is 13.1 Å². The van der Waals surface area contributed by atoms with Crippen LogP contribution in [0.15, 0.2) is 133 Å². The zero-order valence-electron chi connectivity index (χ0n) is 23.5. The van der Waals surface area contributed by atoms with E-state index < -0.39 is 0 Å². The van der Waals surface area contributed by atoms with Gasteiger partial charge in [0.25, 0.3) is 0 Å². The highest BCUT2D eigenvalue weighted by atomic mass is 15.1. The molecule has 2 heterocycles. The average Bonchev–Trinajstić information content (AvgIpc) is 3.57. The van der Waals surface area contributed by atoms with Gasteiger partial charge in [-0.3, -0.25) is 4.85 Å². The lowest BCUT2D eigenvalue weighted by Crippen LogP contribution is -2.04. The van der Waals surface area contributed by atoms with Crippen molar-refractivity contribution in [3.63, 3.8) is 0 Å². The van der Waals surface area contributed by atoms with Gasteiger partial charge in [-0.1, -0.05) is 91.0 Å². The molecule has 202 valence electrons. The Hall–Kier alpha value is -6.36. The van der Waals surface area contributed by atoms with E-state index in [2.05, 4.69) is 134 Å². The summed E-state index contributed by atoms with van der Waals surface area (Å²) >= 11 is 0. The Morgan fingerprint density at radius 2 is 0.886 bits per heavy atom. The van der Waals surface area contributed by atoms with Crippen molar-refractivity contribution in [2.24, 2.45) is 0 Å². The molecule has 0 saturated carbocycles. The van der Waals surface area contributed by atoms with E-state index in [1.165, 1.54) is 5.39 Å². The van der Waals surface area contributed by atoms with Gasteiger partial charge in [0, 0.05) is 21.5 Å². The van der Waals surface area contributed by atoms with Crippen LogP contribution in [-0.2, 0) is 0 Å². The second-order valence-corrected chi connectivity index (χ2v) is 11.2. The van der Waals surface area contributed by atoms with Gasteiger partial charge in [-0.2, -0.15) is 0 Å². The van der Waals surface area contributed by atoms with Gasteiger partial charge < -0.3 is 9.13 Å². The van der Waals surface area contributed by atoms with E-state index in [1.54, 1.807) is 6.07 Å². The van der Waals surface area contributed by atoms with Gasteiger partial charge in [0.05, 0.1) is 46.6 Å². The van der Waals surface area contributed by atoms with Crippen LogP contribution in [0, 0.1) is 13.1 Å². The third kappa shape index (κ3) is 3.25. The minimum atomic E-state index is 0.344. The monoisotopic (exact) mass is 558 g/mol. The summed E-state index contributed by atoms with van der Waals surface area (Å²) in [4.78, 5) is 7.88. The van der Waals surface area contributed by atoms with Crippen molar-refractivity contribution >= 4 is 76.5 Å². The second kappa shape index (κ2) is 9.07. The van der Waals surface area contributed by atoms with E-state index in [0.717, 1.165) is 65.5 Å². The summed E-state index contributed by atoms with van der Waals surface area (Å²) in [6.45, 7) is 16.4. The molecule has 0 fully saturated rings. The van der Waals surface area contributed by atoms with Crippen LogP contribution in [0.2, 0.25) is 0 Å². The van der Waals surface area contributed by atoms with Crippen molar-refractivity contribution in [1.82, 2.24) is 9.13 Å². The SMILES string of the molecule is [C-]#[N+]c1ccc(-n2c3ccccc3c3cc4ccccc4cc32)c(-n2c3ccccc3c3cc4ccccc4cc32)c1[N+]#[C-]. The fourth-order valence-corrected chi connectivity index (χ4v) is 6.97. The molecule has 4 nitrogen and oxygen atoms in total. The minimum Gasteiger partial charge on any atom is -0.318 e. The third-order valence-corrected chi connectivity index (χ3v) is 8.89. The maximum atomic E-state index is 8.39. The Morgan fingerprint density at radius 1 is 0.409 bits per heavy atom. The van der Waals surface area contributed by atoms with Crippen LogP contribution in [0.25, 0.3) is 86.2 Å². The molecule has 0 spiro atoms. The van der Waals surface area contributed by atoms with Gasteiger partial charge in [-0.05, 0) is 64.0 Å². The first kappa shape index (κ1) is 24.3. The highest BCUT2D eigenvalue weighted by Crippen LogP contribution is 2.46. The highest BCUT2D eigenvalue weighted by molar-refractivity contribution is 6.16. The smallest absolute Gasteiger partial charge is 0.220 e. The molecule has 0 aliphatic carbocycles. The summed E-state index contributed by atoms with van der Waals surface area (Å²) in [5, 5.41) is 9.14. The van der Waals surface area contributed by atoms with Gasteiger partial charge >= 0.3 is 0 Å². The molecule has 4 heteroatoms. The molecule has 0 amide bonds. The molecule has 0 aliphatic rings. The minimum absolute atomic E-state index is 0.344. The molecule has 0 saturated heterocycles. The molecule has 0 radical (unpaired) electrons. The molecular weight excluding hydrogens is 536 g/mol. The zero-order valence-corrected chi connectivity index (χ0v) is 23.5. The van der Waals surface area contributed by atoms with Gasteiger partial charge in [-0.25, -0.2) is 4.85 Å². The van der Waals surface area contributed by atoms with Crippen LogP contribution in [-0.4, -0.2) is 9.13 Å². The number of hydrogen-bond acceptors (Lipinski definition) is 0. The molecule has 0 atom stereocenters. The highest BCUT2D eigenvalue weighted by Gasteiger charge is 2.24. The first-order valence-corrected chi connectivity index (χ1v) is 14.5.